The van der Waals surface area contributed by atoms with Gasteiger partial charge in [-0.25, -0.2) is 18.0 Å². The van der Waals surface area contributed by atoms with Gasteiger partial charge in [-0.3, -0.25) is 9.59 Å². The number of fused-ring (bicyclic) bond motifs is 2. The fourth-order valence-corrected chi connectivity index (χ4v) is 5.02. The van der Waals surface area contributed by atoms with E-state index in [2.05, 4.69) is 0 Å². The molecule has 0 spiro atoms. The highest BCUT2D eigenvalue weighted by Gasteiger charge is 2.30. The number of carboxylic acid groups (broad SMARTS) is 2. The Morgan fingerprint density at radius 2 is 1.11 bits per heavy atom. The molecule has 0 saturated heterocycles. The first-order valence-electron chi connectivity index (χ1n) is 9.52. The predicted octanol–water partition coefficient (Wildman–Crippen LogP) is 2.15. The van der Waals surface area contributed by atoms with Gasteiger partial charge in [0, 0.05) is 12.1 Å². The Morgan fingerprint density at radius 3 is 1.43 bits per heavy atom. The number of carbonyl (C=O) groups is 2. The maximum atomic E-state index is 13.7. The lowest BCUT2D eigenvalue weighted by molar-refractivity contribution is 0.0653. The molecular weight excluding hydrogens is 488 g/mol. The zero-order valence-corrected chi connectivity index (χ0v) is 18.7. The van der Waals surface area contributed by atoms with E-state index in [0.29, 0.717) is 12.1 Å². The van der Waals surface area contributed by atoms with Gasteiger partial charge in [0.25, 0.3) is 0 Å². The van der Waals surface area contributed by atoms with Gasteiger partial charge in [0.1, 0.15) is 32.1 Å². The van der Waals surface area contributed by atoms with Gasteiger partial charge in [-0.2, -0.15) is 0 Å². The van der Waals surface area contributed by atoms with Crippen molar-refractivity contribution >= 4 is 43.7 Å². The number of benzene rings is 2. The van der Waals surface area contributed by atoms with Crippen molar-refractivity contribution in [3.8, 4) is 11.5 Å². The molecule has 2 N–H and O–H groups in total. The van der Waals surface area contributed by atoms with Gasteiger partial charge in [-0.05, 0) is 24.3 Å². The van der Waals surface area contributed by atoms with Crippen LogP contribution in [0.5, 0.6) is 11.5 Å². The van der Waals surface area contributed by atoms with E-state index >= 15 is 0 Å². The van der Waals surface area contributed by atoms with Gasteiger partial charge < -0.3 is 28.5 Å². The summed E-state index contributed by atoms with van der Waals surface area (Å²) in [4.78, 5) is 46.8. The molecule has 2 heterocycles. The summed E-state index contributed by atoms with van der Waals surface area (Å²) in [5.41, 5.74) is -2.99. The zero-order valence-electron chi connectivity index (χ0n) is 17.8. The lowest BCUT2D eigenvalue weighted by Gasteiger charge is -2.13. The van der Waals surface area contributed by atoms with Crippen LogP contribution in [-0.2, 0) is 9.84 Å². The third-order valence-electron chi connectivity index (χ3n) is 5.05. The van der Waals surface area contributed by atoms with Gasteiger partial charge in [-0.15, -0.1) is 0 Å². The Hall–Kier alpha value is -4.65. The van der Waals surface area contributed by atoms with Gasteiger partial charge >= 0.3 is 11.9 Å². The molecule has 13 heteroatoms. The molecule has 2 aromatic carbocycles. The number of rotatable bonds is 6. The van der Waals surface area contributed by atoms with E-state index in [1.54, 1.807) is 0 Å². The maximum absolute atomic E-state index is 13.7. The number of aromatic carboxylic acids is 2. The fourth-order valence-electron chi connectivity index (χ4n) is 3.51. The van der Waals surface area contributed by atoms with Crippen LogP contribution in [0.2, 0.25) is 0 Å². The molecule has 180 valence electrons. The predicted molar refractivity (Wildman–Crippen MR) is 117 cm³/mol. The summed E-state index contributed by atoms with van der Waals surface area (Å²) in [6.45, 7) is 0. The summed E-state index contributed by atoms with van der Waals surface area (Å²) < 4.78 is 48.2. The van der Waals surface area contributed by atoms with Crippen molar-refractivity contribution in [2.45, 2.75) is 9.79 Å². The van der Waals surface area contributed by atoms with E-state index in [4.69, 9.17) is 18.3 Å². The SMILES string of the molecule is COc1ccc(S(=O)(=O)c2ccc(OC)c3c(=O)cc(C(=O)O)oc23)c2oc(C(=O)O)cc(=O)c12. The molecule has 0 amide bonds. The number of carboxylic acids is 2. The number of ether oxygens (including phenoxy) is 2. The summed E-state index contributed by atoms with van der Waals surface area (Å²) in [6, 6.07) is 5.70. The van der Waals surface area contributed by atoms with Gasteiger partial charge in [0.2, 0.25) is 21.4 Å². The minimum absolute atomic E-state index is 0.0797. The summed E-state index contributed by atoms with van der Waals surface area (Å²) in [5, 5.41) is 17.9. The largest absolute Gasteiger partial charge is 0.496 e. The van der Waals surface area contributed by atoms with Crippen LogP contribution >= 0.6 is 0 Å². The van der Waals surface area contributed by atoms with Crippen LogP contribution < -0.4 is 20.3 Å². The molecule has 12 nitrogen and oxygen atoms in total. The second-order valence-corrected chi connectivity index (χ2v) is 8.89. The molecule has 0 aliphatic carbocycles. The van der Waals surface area contributed by atoms with Crippen molar-refractivity contribution in [1.29, 1.82) is 0 Å². The lowest BCUT2D eigenvalue weighted by Crippen LogP contribution is -2.13. The van der Waals surface area contributed by atoms with Gasteiger partial charge in [0.05, 0.1) is 14.2 Å². The van der Waals surface area contributed by atoms with Crippen molar-refractivity contribution in [3.63, 3.8) is 0 Å². The lowest BCUT2D eigenvalue weighted by atomic mass is 10.2. The Balaban J connectivity index is 2.17. The monoisotopic (exact) mass is 502 g/mol. The Labute approximate surface area is 194 Å². The molecule has 0 atom stereocenters. The van der Waals surface area contributed by atoms with E-state index in [0.717, 1.165) is 24.3 Å². The highest BCUT2D eigenvalue weighted by Crippen LogP contribution is 2.37. The summed E-state index contributed by atoms with van der Waals surface area (Å²) in [5.74, 6) is -5.06. The van der Waals surface area contributed by atoms with Crippen LogP contribution in [0, 0.1) is 0 Å². The fraction of sp³-hybridized carbons (Fsp3) is 0.0909. The molecule has 4 rings (SSSR count). The summed E-state index contributed by atoms with van der Waals surface area (Å²) >= 11 is 0. The zero-order chi connectivity index (χ0) is 25.7. The van der Waals surface area contributed by atoms with Crippen molar-refractivity contribution in [1.82, 2.24) is 0 Å². The van der Waals surface area contributed by atoms with Crippen LogP contribution in [0.4, 0.5) is 0 Å². The van der Waals surface area contributed by atoms with Crippen LogP contribution in [0.1, 0.15) is 21.1 Å². The third-order valence-corrected chi connectivity index (χ3v) is 6.85. The molecule has 0 radical (unpaired) electrons. The Bertz CT molecular complexity index is 1650. The van der Waals surface area contributed by atoms with E-state index in [1.165, 1.54) is 14.2 Å². The molecule has 0 unspecified atom stereocenters. The van der Waals surface area contributed by atoms with Crippen LogP contribution in [0.15, 0.2) is 64.6 Å². The summed E-state index contributed by atoms with van der Waals surface area (Å²) in [6.07, 6.45) is 0. The number of hydrogen-bond donors (Lipinski definition) is 2. The van der Waals surface area contributed by atoms with Crippen molar-refractivity contribution < 1.29 is 46.5 Å². The molecule has 0 fully saturated rings. The van der Waals surface area contributed by atoms with Gasteiger partial charge in [0.15, 0.2) is 22.0 Å². The molecule has 35 heavy (non-hydrogen) atoms. The highest BCUT2D eigenvalue weighted by molar-refractivity contribution is 7.92. The van der Waals surface area contributed by atoms with Crippen LogP contribution in [0.25, 0.3) is 21.9 Å². The normalized spacial score (nSPS) is 11.5. The van der Waals surface area contributed by atoms with E-state index in [9.17, 15) is 37.8 Å². The smallest absolute Gasteiger partial charge is 0.371 e. The number of sulfone groups is 1. The first-order valence-corrected chi connectivity index (χ1v) is 11.0. The Morgan fingerprint density at radius 1 is 0.743 bits per heavy atom. The minimum Gasteiger partial charge on any atom is -0.496 e. The summed E-state index contributed by atoms with van der Waals surface area (Å²) in [7, 11) is -2.29. The molecule has 0 aliphatic heterocycles. The van der Waals surface area contributed by atoms with Crippen molar-refractivity contribution in [2.75, 3.05) is 14.2 Å². The van der Waals surface area contributed by atoms with Crippen molar-refractivity contribution in [2.24, 2.45) is 0 Å². The second-order valence-electron chi connectivity index (χ2n) is 7.00. The van der Waals surface area contributed by atoms with Crippen LogP contribution in [0.3, 0.4) is 0 Å². The van der Waals surface area contributed by atoms with E-state index in [-0.39, 0.29) is 22.3 Å². The standard InChI is InChI=1S/C22H14O12S/c1-31-11-3-5-15(19-17(11)9(23)7-13(33-19)21(25)26)35(29,30)16-6-4-12(32-2)18-10(24)8-14(22(27)28)34-20(16)18/h3-8H,1-2H3,(H,25,26)(H,27,28). The molecule has 0 aliphatic rings. The van der Waals surface area contributed by atoms with E-state index in [1.807, 2.05) is 0 Å². The average molecular weight is 502 g/mol. The average Bonchev–Trinajstić information content (AvgIpc) is 2.81. The first kappa shape index (κ1) is 23.5. The highest BCUT2D eigenvalue weighted by atomic mass is 32.2. The molecular formula is C22H14O12S. The molecule has 0 bridgehead atoms. The maximum Gasteiger partial charge on any atom is 0.371 e. The second kappa shape index (κ2) is 8.29. The van der Waals surface area contributed by atoms with Crippen molar-refractivity contribution in [3.05, 3.63) is 68.4 Å². The van der Waals surface area contributed by atoms with Crippen LogP contribution in [-0.4, -0.2) is 44.8 Å². The number of methoxy groups -OCH3 is 2. The Kier molecular flexibility index (Phi) is 5.57. The minimum atomic E-state index is -4.72. The first-order chi connectivity index (χ1) is 16.5. The topological polar surface area (TPSA) is 188 Å². The number of hydrogen-bond acceptors (Lipinski definition) is 10. The van der Waals surface area contributed by atoms with Gasteiger partial charge in [-0.1, -0.05) is 0 Å². The molecule has 0 saturated carbocycles. The third kappa shape index (κ3) is 3.67. The molecule has 2 aromatic heterocycles. The van der Waals surface area contributed by atoms with E-state index < -0.39 is 65.1 Å². The quantitative estimate of drug-likeness (QED) is 0.391. The molecule has 4 aromatic rings.